The molecule has 1 aliphatic rings. The van der Waals surface area contributed by atoms with Crippen molar-refractivity contribution in [2.45, 2.75) is 26.4 Å². The number of H-pyrrole nitrogens is 1. The minimum absolute atomic E-state index is 0.0952. The van der Waals surface area contributed by atoms with Crippen molar-refractivity contribution in [2.75, 3.05) is 5.32 Å². The minimum atomic E-state index is -0.906. The third kappa shape index (κ3) is 3.08. The number of carbonyl (C=O) groups excluding carboxylic acids is 1. The van der Waals surface area contributed by atoms with E-state index in [0.29, 0.717) is 23.4 Å². The van der Waals surface area contributed by atoms with Gasteiger partial charge in [-0.05, 0) is 25.5 Å². The zero-order valence-corrected chi connectivity index (χ0v) is 14.2. The molecule has 1 amide bonds. The number of imidazole rings is 1. The average molecular weight is 352 g/mol. The molecule has 0 fully saturated rings. The van der Waals surface area contributed by atoms with Gasteiger partial charge in [0.2, 0.25) is 0 Å². The Hall–Kier alpha value is -3.44. The zero-order chi connectivity index (χ0) is 18.8. The van der Waals surface area contributed by atoms with E-state index in [1.54, 1.807) is 19.9 Å². The molecular formula is C18H16N4O4. The van der Waals surface area contributed by atoms with Gasteiger partial charge in [-0.25, -0.2) is 4.98 Å². The van der Waals surface area contributed by atoms with E-state index in [-0.39, 0.29) is 22.7 Å². The molecule has 1 aromatic carbocycles. The van der Waals surface area contributed by atoms with Crippen molar-refractivity contribution < 1.29 is 14.8 Å². The first-order valence-corrected chi connectivity index (χ1v) is 7.96. The SMILES string of the molecule is CCC(O)C#Cc1c([N+](=O)[O-])ccc2c1C(=Cc1nc[nH]c1C)C(=O)N2. The number of nitro benzene ring substituents is 1. The quantitative estimate of drug-likeness (QED) is 0.338. The second-order valence-electron chi connectivity index (χ2n) is 5.76. The number of aromatic nitrogens is 2. The van der Waals surface area contributed by atoms with Gasteiger partial charge in [-0.3, -0.25) is 14.9 Å². The molecule has 1 atom stereocenters. The van der Waals surface area contributed by atoms with Crippen LogP contribution in [-0.4, -0.2) is 32.0 Å². The Labute approximate surface area is 149 Å². The number of anilines is 1. The highest BCUT2D eigenvalue weighted by molar-refractivity contribution is 6.35. The Kier molecular flexibility index (Phi) is 4.56. The second kappa shape index (κ2) is 6.82. The van der Waals surface area contributed by atoms with Gasteiger partial charge in [-0.1, -0.05) is 18.8 Å². The van der Waals surface area contributed by atoms with Gasteiger partial charge in [0.05, 0.1) is 28.2 Å². The van der Waals surface area contributed by atoms with Crippen LogP contribution in [-0.2, 0) is 4.79 Å². The van der Waals surface area contributed by atoms with E-state index in [9.17, 15) is 20.0 Å². The van der Waals surface area contributed by atoms with Gasteiger partial charge in [0.15, 0.2) is 0 Å². The van der Waals surface area contributed by atoms with Crippen molar-refractivity contribution in [3.63, 3.8) is 0 Å². The Morgan fingerprint density at radius 2 is 2.23 bits per heavy atom. The number of hydrogen-bond donors (Lipinski definition) is 3. The van der Waals surface area contributed by atoms with Gasteiger partial charge in [-0.2, -0.15) is 0 Å². The summed E-state index contributed by atoms with van der Waals surface area (Å²) in [5.41, 5.74) is 2.23. The Morgan fingerprint density at radius 3 is 2.85 bits per heavy atom. The first-order chi connectivity index (χ1) is 12.4. The topological polar surface area (TPSA) is 121 Å². The van der Waals surface area contributed by atoms with Crippen LogP contribution in [0.25, 0.3) is 11.6 Å². The molecule has 1 unspecified atom stereocenters. The normalized spacial score (nSPS) is 15.2. The van der Waals surface area contributed by atoms with Crippen LogP contribution < -0.4 is 5.32 Å². The van der Waals surface area contributed by atoms with Crippen LogP contribution in [0.4, 0.5) is 11.4 Å². The predicted octanol–water partition coefficient (Wildman–Crippen LogP) is 2.24. The van der Waals surface area contributed by atoms with Crippen LogP contribution in [0.2, 0.25) is 0 Å². The van der Waals surface area contributed by atoms with Gasteiger partial charge < -0.3 is 15.4 Å². The molecule has 0 spiro atoms. The molecule has 0 bridgehead atoms. The monoisotopic (exact) mass is 352 g/mol. The number of carbonyl (C=O) groups is 1. The summed E-state index contributed by atoms with van der Waals surface area (Å²) in [6.45, 7) is 3.55. The van der Waals surface area contributed by atoms with Crippen molar-refractivity contribution >= 4 is 28.9 Å². The standard InChI is InChI=1S/C18H16N4O4/c1-3-11(23)4-5-12-16(22(25)26)7-6-14-17(12)13(18(24)21-14)8-15-10(2)19-9-20-15/h6-9,11,23H,3H2,1-2H3,(H,19,20)(H,21,24). The summed E-state index contributed by atoms with van der Waals surface area (Å²) in [4.78, 5) is 30.3. The number of rotatable bonds is 3. The predicted molar refractivity (Wildman–Crippen MR) is 96.1 cm³/mol. The number of aliphatic hydroxyl groups excluding tert-OH is 1. The number of aliphatic hydroxyl groups is 1. The highest BCUT2D eigenvalue weighted by atomic mass is 16.6. The highest BCUT2D eigenvalue weighted by Gasteiger charge is 2.31. The highest BCUT2D eigenvalue weighted by Crippen LogP contribution is 2.39. The third-order valence-electron chi connectivity index (χ3n) is 4.04. The zero-order valence-electron chi connectivity index (χ0n) is 14.2. The summed E-state index contributed by atoms with van der Waals surface area (Å²) in [7, 11) is 0. The molecule has 0 aliphatic carbocycles. The van der Waals surface area contributed by atoms with E-state index in [1.807, 2.05) is 0 Å². The van der Waals surface area contributed by atoms with Crippen LogP contribution in [0.3, 0.4) is 0 Å². The molecule has 3 rings (SSSR count). The van der Waals surface area contributed by atoms with Gasteiger partial charge in [0.1, 0.15) is 11.7 Å². The van der Waals surface area contributed by atoms with E-state index in [4.69, 9.17) is 0 Å². The molecule has 0 saturated carbocycles. The maximum absolute atomic E-state index is 12.4. The Morgan fingerprint density at radius 1 is 1.46 bits per heavy atom. The van der Waals surface area contributed by atoms with E-state index in [2.05, 4.69) is 27.1 Å². The number of nitrogens with zero attached hydrogens (tertiary/aromatic N) is 2. The second-order valence-corrected chi connectivity index (χ2v) is 5.76. The van der Waals surface area contributed by atoms with Crippen molar-refractivity contribution in [3.05, 3.63) is 51.1 Å². The molecule has 2 heterocycles. The van der Waals surface area contributed by atoms with Crippen LogP contribution in [0.5, 0.6) is 0 Å². The lowest BCUT2D eigenvalue weighted by molar-refractivity contribution is -0.385. The van der Waals surface area contributed by atoms with Gasteiger partial charge in [0, 0.05) is 17.3 Å². The molecule has 8 nitrogen and oxygen atoms in total. The van der Waals surface area contributed by atoms with E-state index in [0.717, 1.165) is 5.69 Å². The van der Waals surface area contributed by atoms with Crippen molar-refractivity contribution in [2.24, 2.45) is 0 Å². The molecule has 0 radical (unpaired) electrons. The van der Waals surface area contributed by atoms with Gasteiger partial charge >= 0.3 is 0 Å². The van der Waals surface area contributed by atoms with Crippen LogP contribution in [0.1, 0.15) is 35.9 Å². The fourth-order valence-electron chi connectivity index (χ4n) is 2.60. The molecule has 132 valence electrons. The molecule has 0 saturated heterocycles. The van der Waals surface area contributed by atoms with Crippen LogP contribution in [0, 0.1) is 28.9 Å². The molecule has 2 aromatic rings. The molecule has 3 N–H and O–H groups in total. The van der Waals surface area contributed by atoms with Gasteiger partial charge in [-0.15, -0.1) is 0 Å². The van der Waals surface area contributed by atoms with Crippen molar-refractivity contribution in [1.29, 1.82) is 0 Å². The summed E-state index contributed by atoms with van der Waals surface area (Å²) in [5, 5.41) is 23.8. The molecule has 1 aromatic heterocycles. The average Bonchev–Trinajstić information content (AvgIpc) is 3.15. The summed E-state index contributed by atoms with van der Waals surface area (Å²) < 4.78 is 0. The number of benzene rings is 1. The maximum Gasteiger partial charge on any atom is 0.285 e. The molecule has 1 aliphatic heterocycles. The van der Waals surface area contributed by atoms with Crippen molar-refractivity contribution in [3.8, 4) is 11.8 Å². The lowest BCUT2D eigenvalue weighted by atomic mass is 9.97. The first-order valence-electron chi connectivity index (χ1n) is 7.96. The van der Waals surface area contributed by atoms with Crippen LogP contribution >= 0.6 is 0 Å². The van der Waals surface area contributed by atoms with Crippen LogP contribution in [0.15, 0.2) is 18.5 Å². The minimum Gasteiger partial charge on any atom is -0.380 e. The number of hydrogen-bond acceptors (Lipinski definition) is 5. The molecule has 26 heavy (non-hydrogen) atoms. The smallest absolute Gasteiger partial charge is 0.285 e. The van der Waals surface area contributed by atoms with Gasteiger partial charge in [0.25, 0.3) is 11.6 Å². The first kappa shape index (κ1) is 17.4. The van der Waals surface area contributed by atoms with E-state index >= 15 is 0 Å². The Bertz CT molecular complexity index is 994. The number of amides is 1. The molecular weight excluding hydrogens is 336 g/mol. The number of aromatic amines is 1. The Balaban J connectivity index is 2.25. The summed E-state index contributed by atoms with van der Waals surface area (Å²) in [5.74, 6) is 4.89. The maximum atomic E-state index is 12.4. The van der Waals surface area contributed by atoms with Crippen molar-refractivity contribution in [1.82, 2.24) is 9.97 Å². The van der Waals surface area contributed by atoms with E-state index in [1.165, 1.54) is 18.5 Å². The summed E-state index contributed by atoms with van der Waals surface area (Å²) >= 11 is 0. The summed E-state index contributed by atoms with van der Waals surface area (Å²) in [6.07, 6.45) is 2.55. The number of aryl methyl sites for hydroxylation is 1. The third-order valence-corrected chi connectivity index (χ3v) is 4.04. The largest absolute Gasteiger partial charge is 0.380 e. The summed E-state index contributed by atoms with van der Waals surface area (Å²) in [6, 6.07) is 2.77. The lowest BCUT2D eigenvalue weighted by Gasteiger charge is -2.04. The van der Waals surface area contributed by atoms with E-state index < -0.39 is 11.0 Å². The number of nitro groups is 1. The lowest BCUT2D eigenvalue weighted by Crippen LogP contribution is -2.04. The number of fused-ring (bicyclic) bond motifs is 1. The fraction of sp³-hybridized carbons (Fsp3) is 0.222. The molecule has 8 heteroatoms. The fourth-order valence-corrected chi connectivity index (χ4v) is 2.60. The number of nitrogens with one attached hydrogen (secondary N) is 2.